The van der Waals surface area contributed by atoms with Crippen molar-refractivity contribution in [3.63, 3.8) is 0 Å². The number of nitrogens with zero attached hydrogens (tertiary/aromatic N) is 1. The van der Waals surface area contributed by atoms with Gasteiger partial charge < -0.3 is 10.1 Å². The number of aromatic hydroxyl groups is 1. The van der Waals surface area contributed by atoms with Gasteiger partial charge >= 0.3 is 0 Å². The van der Waals surface area contributed by atoms with Crippen molar-refractivity contribution in [3.8, 4) is 5.88 Å². The molecule has 1 heterocycles. The van der Waals surface area contributed by atoms with E-state index in [4.69, 9.17) is 0 Å². The molecule has 1 aliphatic rings. The van der Waals surface area contributed by atoms with Crippen LogP contribution in [0.25, 0.3) is 0 Å². The van der Waals surface area contributed by atoms with E-state index in [1.54, 1.807) is 6.92 Å². The van der Waals surface area contributed by atoms with Crippen LogP contribution in [0, 0.1) is 6.92 Å². The van der Waals surface area contributed by atoms with Gasteiger partial charge in [0.2, 0.25) is 5.88 Å². The van der Waals surface area contributed by atoms with E-state index in [9.17, 15) is 9.90 Å². The van der Waals surface area contributed by atoms with E-state index in [1.165, 1.54) is 0 Å². The Morgan fingerprint density at radius 3 is 2.62 bits per heavy atom. The molecule has 1 saturated carbocycles. The van der Waals surface area contributed by atoms with Gasteiger partial charge in [-0.25, -0.2) is 0 Å². The lowest BCUT2D eigenvalue weighted by atomic mass is 10.1. The summed E-state index contributed by atoms with van der Waals surface area (Å²) in [7, 11) is 0. The lowest BCUT2D eigenvalue weighted by molar-refractivity contribution is 0.439. The monoisotopic (exact) mass is 180 g/mol. The molecule has 0 saturated heterocycles. The van der Waals surface area contributed by atoms with Gasteiger partial charge in [-0.1, -0.05) is 6.92 Å². The smallest absolute Gasteiger partial charge is 0.257 e. The highest BCUT2D eigenvalue weighted by Crippen LogP contribution is 2.45. The zero-order valence-electron chi connectivity index (χ0n) is 7.72. The van der Waals surface area contributed by atoms with E-state index in [-0.39, 0.29) is 22.4 Å². The van der Waals surface area contributed by atoms with Gasteiger partial charge in [0.1, 0.15) is 5.82 Å². The van der Waals surface area contributed by atoms with Crippen molar-refractivity contribution in [2.24, 2.45) is 0 Å². The molecule has 2 rings (SSSR count). The molecule has 0 atom stereocenters. The second kappa shape index (κ2) is 2.34. The van der Waals surface area contributed by atoms with E-state index >= 15 is 0 Å². The maximum Gasteiger partial charge on any atom is 0.257 e. The van der Waals surface area contributed by atoms with Gasteiger partial charge in [-0.15, -0.1) is 0 Å². The average Bonchev–Trinajstić information content (AvgIpc) is 2.80. The van der Waals surface area contributed by atoms with Crippen molar-refractivity contribution in [1.29, 1.82) is 0 Å². The topological polar surface area (TPSA) is 66.0 Å². The molecule has 0 radical (unpaired) electrons. The number of hydrogen-bond donors (Lipinski definition) is 2. The van der Waals surface area contributed by atoms with Gasteiger partial charge in [-0.05, 0) is 19.8 Å². The van der Waals surface area contributed by atoms with Crippen LogP contribution in [-0.4, -0.2) is 15.1 Å². The molecule has 4 heteroatoms. The third-order valence-electron chi connectivity index (χ3n) is 2.70. The fourth-order valence-corrected chi connectivity index (χ4v) is 1.23. The summed E-state index contributed by atoms with van der Waals surface area (Å²) in [5.74, 6) is 0.465. The first-order valence-corrected chi connectivity index (χ1v) is 4.33. The van der Waals surface area contributed by atoms with Crippen molar-refractivity contribution < 1.29 is 5.11 Å². The molecule has 4 nitrogen and oxygen atoms in total. The van der Waals surface area contributed by atoms with Gasteiger partial charge in [0.25, 0.3) is 5.56 Å². The number of hydrogen-bond acceptors (Lipinski definition) is 3. The van der Waals surface area contributed by atoms with Crippen LogP contribution < -0.4 is 5.56 Å². The molecule has 0 amide bonds. The predicted molar refractivity (Wildman–Crippen MR) is 47.8 cm³/mol. The van der Waals surface area contributed by atoms with E-state index in [0.29, 0.717) is 5.82 Å². The Labute approximate surface area is 75.6 Å². The first-order chi connectivity index (χ1) is 6.03. The Morgan fingerprint density at radius 2 is 2.15 bits per heavy atom. The summed E-state index contributed by atoms with van der Waals surface area (Å²) >= 11 is 0. The Balaban J connectivity index is 2.56. The Hall–Kier alpha value is -1.32. The lowest BCUT2D eigenvalue weighted by Crippen LogP contribution is -2.18. The van der Waals surface area contributed by atoms with E-state index in [0.717, 1.165) is 12.8 Å². The maximum atomic E-state index is 11.3. The molecule has 0 bridgehead atoms. The maximum absolute atomic E-state index is 11.3. The average molecular weight is 180 g/mol. The van der Waals surface area contributed by atoms with Gasteiger partial charge in [-0.3, -0.25) is 4.79 Å². The Kier molecular flexibility index (Phi) is 1.49. The number of rotatable bonds is 1. The Bertz CT molecular complexity index is 405. The highest BCUT2D eigenvalue weighted by atomic mass is 16.3. The summed E-state index contributed by atoms with van der Waals surface area (Å²) in [4.78, 5) is 17.9. The number of aromatic amines is 1. The number of nitrogens with one attached hydrogen (secondary N) is 1. The van der Waals surface area contributed by atoms with Crippen molar-refractivity contribution in [2.45, 2.75) is 32.1 Å². The lowest BCUT2D eigenvalue weighted by Gasteiger charge is -2.07. The van der Waals surface area contributed by atoms with E-state index < -0.39 is 0 Å². The van der Waals surface area contributed by atoms with Crippen molar-refractivity contribution >= 4 is 0 Å². The van der Waals surface area contributed by atoms with Crippen LogP contribution >= 0.6 is 0 Å². The summed E-state index contributed by atoms with van der Waals surface area (Å²) in [6.07, 6.45) is 2.05. The molecular weight excluding hydrogens is 168 g/mol. The first kappa shape index (κ1) is 8.29. The van der Waals surface area contributed by atoms with Crippen LogP contribution in [0.2, 0.25) is 0 Å². The highest BCUT2D eigenvalue weighted by Gasteiger charge is 2.42. The number of H-pyrrole nitrogens is 1. The third kappa shape index (κ3) is 1.22. The summed E-state index contributed by atoms with van der Waals surface area (Å²) in [6, 6.07) is 0. The van der Waals surface area contributed by atoms with Crippen LogP contribution in [0.1, 0.15) is 31.2 Å². The largest absolute Gasteiger partial charge is 0.493 e. The molecule has 0 aromatic carbocycles. The van der Waals surface area contributed by atoms with Gasteiger partial charge in [0.05, 0.1) is 5.56 Å². The van der Waals surface area contributed by atoms with Crippen LogP contribution in [0.15, 0.2) is 4.79 Å². The van der Waals surface area contributed by atoms with Crippen LogP contribution in [0.5, 0.6) is 5.88 Å². The minimum atomic E-state index is -0.240. The van der Waals surface area contributed by atoms with Crippen molar-refractivity contribution in [3.05, 3.63) is 21.7 Å². The molecule has 1 aliphatic carbocycles. The quantitative estimate of drug-likeness (QED) is 0.672. The second-order valence-corrected chi connectivity index (χ2v) is 3.92. The van der Waals surface area contributed by atoms with Gasteiger partial charge in [0.15, 0.2) is 0 Å². The molecule has 1 aromatic rings. The van der Waals surface area contributed by atoms with Crippen LogP contribution in [-0.2, 0) is 5.41 Å². The zero-order chi connectivity index (χ0) is 9.64. The summed E-state index contributed by atoms with van der Waals surface area (Å²) in [6.45, 7) is 3.58. The standard InChI is InChI=1S/C9H12N2O2/c1-5-6(12)10-8(11-7(5)13)9(2)3-4-9/h3-4H2,1-2H3,(H2,10,11,12,13). The van der Waals surface area contributed by atoms with E-state index in [2.05, 4.69) is 9.97 Å². The highest BCUT2D eigenvalue weighted by molar-refractivity contribution is 5.25. The second-order valence-electron chi connectivity index (χ2n) is 3.92. The van der Waals surface area contributed by atoms with Gasteiger partial charge in [-0.2, -0.15) is 4.98 Å². The van der Waals surface area contributed by atoms with Crippen LogP contribution in [0.4, 0.5) is 0 Å². The summed E-state index contributed by atoms with van der Waals surface area (Å²) < 4.78 is 0. The van der Waals surface area contributed by atoms with Crippen molar-refractivity contribution in [1.82, 2.24) is 9.97 Å². The molecular formula is C9H12N2O2. The molecule has 1 fully saturated rings. The molecule has 70 valence electrons. The molecule has 13 heavy (non-hydrogen) atoms. The number of aromatic nitrogens is 2. The van der Waals surface area contributed by atoms with E-state index in [1.807, 2.05) is 6.92 Å². The molecule has 0 aliphatic heterocycles. The molecule has 2 N–H and O–H groups in total. The van der Waals surface area contributed by atoms with Gasteiger partial charge in [0, 0.05) is 5.41 Å². The predicted octanol–water partition coefficient (Wildman–Crippen LogP) is 0.835. The molecule has 0 spiro atoms. The normalized spacial score (nSPS) is 18.6. The Morgan fingerprint density at radius 1 is 1.54 bits per heavy atom. The summed E-state index contributed by atoms with van der Waals surface area (Å²) in [5.41, 5.74) is 0.0354. The van der Waals surface area contributed by atoms with Crippen molar-refractivity contribution in [2.75, 3.05) is 0 Å². The fraction of sp³-hybridized carbons (Fsp3) is 0.556. The van der Waals surface area contributed by atoms with Crippen LogP contribution in [0.3, 0.4) is 0 Å². The summed E-state index contributed by atoms with van der Waals surface area (Å²) in [5, 5.41) is 9.34. The first-order valence-electron chi connectivity index (χ1n) is 4.33. The SMILES string of the molecule is Cc1c(O)nc(C2(C)CC2)[nH]c1=O. The zero-order valence-corrected chi connectivity index (χ0v) is 7.72. The fourth-order valence-electron chi connectivity index (χ4n) is 1.23. The minimum absolute atomic E-state index is 0.00958. The molecule has 1 aromatic heterocycles. The third-order valence-corrected chi connectivity index (χ3v) is 2.70. The molecule has 0 unspecified atom stereocenters. The minimum Gasteiger partial charge on any atom is -0.493 e.